The smallest absolute Gasteiger partial charge is 0.142 e. The van der Waals surface area contributed by atoms with Crippen LogP contribution in [0.15, 0.2) is 29.0 Å². The Morgan fingerprint density at radius 2 is 2.38 bits per heavy atom. The van der Waals surface area contributed by atoms with Gasteiger partial charge in [0, 0.05) is 20.1 Å². The molecule has 0 fully saturated rings. The van der Waals surface area contributed by atoms with Crippen LogP contribution in [0.3, 0.4) is 0 Å². The lowest BCUT2D eigenvalue weighted by molar-refractivity contribution is 0.00953. The van der Waals surface area contributed by atoms with Crippen molar-refractivity contribution in [1.82, 2.24) is 10.6 Å². The summed E-state index contributed by atoms with van der Waals surface area (Å²) in [5.41, 5.74) is 1.08. The molecule has 1 rings (SSSR count). The highest BCUT2D eigenvalue weighted by molar-refractivity contribution is 6.01. The summed E-state index contributed by atoms with van der Waals surface area (Å²) in [6.45, 7) is 0.527. The maximum absolute atomic E-state index is 8.95. The summed E-state index contributed by atoms with van der Waals surface area (Å²) in [7, 11) is 5.30. The minimum Gasteiger partial charge on any atom is -0.411 e. The lowest BCUT2D eigenvalue weighted by atomic mass is 9.93. The number of methoxy groups -OCH3 is 1. The lowest BCUT2D eigenvalue weighted by Gasteiger charge is -2.32. The number of rotatable bonds is 5. The second-order valence-electron chi connectivity index (χ2n) is 3.65. The average molecular weight is 225 g/mol. The predicted molar refractivity (Wildman–Crippen MR) is 63.8 cm³/mol. The van der Waals surface area contributed by atoms with Gasteiger partial charge in [0.25, 0.3) is 0 Å². The third-order valence-corrected chi connectivity index (χ3v) is 2.74. The Labute approximate surface area is 95.9 Å². The maximum atomic E-state index is 8.95. The van der Waals surface area contributed by atoms with E-state index in [-0.39, 0.29) is 0 Å². The van der Waals surface area contributed by atoms with Crippen molar-refractivity contribution < 1.29 is 9.94 Å². The van der Waals surface area contributed by atoms with Gasteiger partial charge in [-0.3, -0.25) is 5.32 Å². The minimum absolute atomic E-state index is 0.506. The van der Waals surface area contributed by atoms with Crippen LogP contribution < -0.4 is 10.6 Å². The number of ether oxygens (including phenoxy) is 1. The Bertz CT molecular complexity index is 317. The number of oxime groups is 1. The van der Waals surface area contributed by atoms with E-state index >= 15 is 0 Å². The number of hydrogen-bond acceptors (Lipinski definition) is 5. The largest absolute Gasteiger partial charge is 0.411 e. The normalized spacial score (nSPS) is 25.7. The summed E-state index contributed by atoms with van der Waals surface area (Å²) in [4.78, 5) is 0. The third-order valence-electron chi connectivity index (χ3n) is 2.74. The zero-order valence-electron chi connectivity index (χ0n) is 9.95. The van der Waals surface area contributed by atoms with Crippen LogP contribution in [0.5, 0.6) is 0 Å². The molecule has 0 heterocycles. The number of hydrogen-bond donors (Lipinski definition) is 3. The molecule has 3 N–H and O–H groups in total. The topological polar surface area (TPSA) is 65.9 Å². The molecule has 0 radical (unpaired) electrons. The second kappa shape index (κ2) is 5.79. The van der Waals surface area contributed by atoms with E-state index in [1.54, 1.807) is 7.11 Å². The first kappa shape index (κ1) is 12.9. The molecular weight excluding hydrogens is 206 g/mol. The number of nitrogens with zero attached hydrogens (tertiary/aromatic N) is 1. The molecule has 5 heteroatoms. The summed E-state index contributed by atoms with van der Waals surface area (Å²) < 4.78 is 5.44. The van der Waals surface area contributed by atoms with E-state index in [1.165, 1.54) is 0 Å². The van der Waals surface area contributed by atoms with Crippen LogP contribution >= 0.6 is 0 Å². The first-order valence-electron chi connectivity index (χ1n) is 5.19. The molecule has 0 amide bonds. The van der Waals surface area contributed by atoms with E-state index < -0.39 is 5.72 Å². The van der Waals surface area contributed by atoms with Gasteiger partial charge < -0.3 is 15.3 Å². The zero-order chi connectivity index (χ0) is 12.0. The van der Waals surface area contributed by atoms with Crippen molar-refractivity contribution >= 4 is 5.71 Å². The Morgan fingerprint density at radius 1 is 1.62 bits per heavy atom. The molecule has 0 aromatic carbocycles. The van der Waals surface area contributed by atoms with E-state index in [1.807, 2.05) is 32.3 Å². The van der Waals surface area contributed by atoms with E-state index in [2.05, 4.69) is 15.8 Å². The molecule has 0 aromatic heterocycles. The molecule has 0 aromatic rings. The van der Waals surface area contributed by atoms with Crippen molar-refractivity contribution in [3.63, 3.8) is 0 Å². The first-order valence-corrected chi connectivity index (χ1v) is 5.19. The van der Waals surface area contributed by atoms with E-state index in [4.69, 9.17) is 9.94 Å². The van der Waals surface area contributed by atoms with Crippen LogP contribution in [0.25, 0.3) is 0 Å². The van der Waals surface area contributed by atoms with Crippen molar-refractivity contribution in [3.05, 3.63) is 23.8 Å². The van der Waals surface area contributed by atoms with E-state index in [0.717, 1.165) is 5.57 Å². The molecule has 0 bridgehead atoms. The summed E-state index contributed by atoms with van der Waals surface area (Å²) in [5.74, 6) is 0. The van der Waals surface area contributed by atoms with Crippen molar-refractivity contribution in [2.75, 3.05) is 27.7 Å². The van der Waals surface area contributed by atoms with Crippen LogP contribution in [0.1, 0.15) is 6.42 Å². The SMILES string of the molecule is CNCC(=NO)C1=CC=CC(NC)(OC)C1. The molecule has 0 saturated carbocycles. The van der Waals surface area contributed by atoms with Crippen LogP contribution in [0.2, 0.25) is 0 Å². The summed E-state index contributed by atoms with van der Waals surface area (Å²) in [6.07, 6.45) is 6.42. The zero-order valence-corrected chi connectivity index (χ0v) is 9.95. The summed E-state index contributed by atoms with van der Waals surface area (Å²) in [5, 5.41) is 18.3. The molecule has 0 saturated heterocycles. The highest BCUT2D eigenvalue weighted by Gasteiger charge is 2.29. The van der Waals surface area contributed by atoms with Gasteiger partial charge in [-0.25, -0.2) is 0 Å². The van der Waals surface area contributed by atoms with Gasteiger partial charge in [0.2, 0.25) is 0 Å². The van der Waals surface area contributed by atoms with Gasteiger partial charge in [0.05, 0.1) is 5.71 Å². The number of allylic oxidation sites excluding steroid dienone is 2. The van der Waals surface area contributed by atoms with Crippen molar-refractivity contribution in [1.29, 1.82) is 0 Å². The Kier molecular flexibility index (Phi) is 4.67. The Hall–Kier alpha value is -1.17. The Balaban J connectivity index is 2.85. The van der Waals surface area contributed by atoms with Gasteiger partial charge in [-0.05, 0) is 25.7 Å². The number of likely N-dealkylation sites (N-methyl/N-ethyl adjacent to an activating group) is 1. The standard InChI is InChI=1S/C11H19N3O2/c1-12-8-10(14-15)9-5-4-6-11(7-9,13-2)16-3/h4-6,12-13,15H,7-8H2,1-3H3. The monoisotopic (exact) mass is 225 g/mol. The van der Waals surface area contributed by atoms with Gasteiger partial charge >= 0.3 is 0 Å². The number of nitrogens with one attached hydrogen (secondary N) is 2. The van der Waals surface area contributed by atoms with Gasteiger partial charge in [-0.2, -0.15) is 0 Å². The molecule has 0 aliphatic heterocycles. The van der Waals surface area contributed by atoms with Crippen LogP contribution in [-0.4, -0.2) is 44.4 Å². The highest BCUT2D eigenvalue weighted by Crippen LogP contribution is 2.24. The fraction of sp³-hybridized carbons (Fsp3) is 0.545. The van der Waals surface area contributed by atoms with Crippen LogP contribution in [-0.2, 0) is 4.74 Å². The summed E-state index contributed by atoms with van der Waals surface area (Å²) in [6, 6.07) is 0. The molecule has 1 aliphatic rings. The molecular formula is C11H19N3O2. The minimum atomic E-state index is -0.506. The summed E-state index contributed by atoms with van der Waals surface area (Å²) >= 11 is 0. The van der Waals surface area contributed by atoms with Crippen LogP contribution in [0.4, 0.5) is 0 Å². The fourth-order valence-corrected chi connectivity index (χ4v) is 1.71. The molecule has 0 spiro atoms. The lowest BCUT2D eigenvalue weighted by Crippen LogP contribution is -2.45. The predicted octanol–water partition coefficient (Wildman–Crippen LogP) is 0.484. The van der Waals surface area contributed by atoms with E-state index in [0.29, 0.717) is 18.7 Å². The maximum Gasteiger partial charge on any atom is 0.142 e. The molecule has 5 nitrogen and oxygen atoms in total. The molecule has 1 atom stereocenters. The van der Waals surface area contributed by atoms with Gasteiger partial charge in [-0.15, -0.1) is 0 Å². The van der Waals surface area contributed by atoms with Crippen LogP contribution in [0, 0.1) is 0 Å². The molecule has 1 aliphatic carbocycles. The molecule has 16 heavy (non-hydrogen) atoms. The van der Waals surface area contributed by atoms with E-state index in [9.17, 15) is 0 Å². The average Bonchev–Trinajstić information content (AvgIpc) is 2.36. The molecule has 90 valence electrons. The fourth-order valence-electron chi connectivity index (χ4n) is 1.71. The van der Waals surface area contributed by atoms with Crippen molar-refractivity contribution in [2.45, 2.75) is 12.1 Å². The van der Waals surface area contributed by atoms with Gasteiger partial charge in [-0.1, -0.05) is 17.3 Å². The Morgan fingerprint density at radius 3 is 2.88 bits per heavy atom. The molecule has 1 unspecified atom stereocenters. The van der Waals surface area contributed by atoms with Crippen molar-refractivity contribution in [3.8, 4) is 0 Å². The highest BCUT2D eigenvalue weighted by atomic mass is 16.5. The third kappa shape index (κ3) is 2.69. The quantitative estimate of drug-likeness (QED) is 0.276. The van der Waals surface area contributed by atoms with Gasteiger partial charge in [0.15, 0.2) is 0 Å². The van der Waals surface area contributed by atoms with Gasteiger partial charge in [0.1, 0.15) is 5.72 Å². The second-order valence-corrected chi connectivity index (χ2v) is 3.65. The van der Waals surface area contributed by atoms with Crippen molar-refractivity contribution in [2.24, 2.45) is 5.16 Å². The first-order chi connectivity index (χ1) is 7.71.